The van der Waals surface area contributed by atoms with E-state index < -0.39 is 17.6 Å². The molecular weight excluding hydrogens is 448 g/mol. The van der Waals surface area contributed by atoms with Gasteiger partial charge in [-0.05, 0) is 56.2 Å². The summed E-state index contributed by atoms with van der Waals surface area (Å²) in [6.45, 7) is 4.86. The molecule has 0 aliphatic carbocycles. The van der Waals surface area contributed by atoms with Gasteiger partial charge in [-0.2, -0.15) is 0 Å². The number of benzene rings is 2. The van der Waals surface area contributed by atoms with Gasteiger partial charge in [0.25, 0.3) is 0 Å². The van der Waals surface area contributed by atoms with Crippen LogP contribution in [0.2, 0.25) is 0 Å². The Morgan fingerprint density at radius 1 is 1.00 bits per heavy atom. The Bertz CT molecular complexity index is 1160. The first-order valence-corrected chi connectivity index (χ1v) is 10.4. The third-order valence-electron chi connectivity index (χ3n) is 4.75. The van der Waals surface area contributed by atoms with Gasteiger partial charge in [0.15, 0.2) is 23.9 Å². The highest BCUT2D eigenvalue weighted by Gasteiger charge is 2.18. The Morgan fingerprint density at radius 2 is 1.74 bits per heavy atom. The molecule has 0 aliphatic heterocycles. The number of hydrogen-bond acceptors (Lipinski definition) is 8. The predicted octanol–water partition coefficient (Wildman–Crippen LogP) is 4.64. The summed E-state index contributed by atoms with van der Waals surface area (Å²) in [5, 5.41) is 3.04. The summed E-state index contributed by atoms with van der Waals surface area (Å²) in [5.41, 5.74) is 1.51. The van der Waals surface area contributed by atoms with Crippen LogP contribution >= 0.6 is 0 Å². The molecule has 0 saturated carbocycles. The number of carbonyl (C=O) groups is 1. The molecule has 8 nitrogen and oxygen atoms in total. The summed E-state index contributed by atoms with van der Waals surface area (Å²) < 4.78 is 49.4. The third kappa shape index (κ3) is 6.09. The lowest BCUT2D eigenvalue weighted by molar-refractivity contribution is -0.145. The Hall–Kier alpha value is -3.95. The second-order valence-electron chi connectivity index (χ2n) is 7.23. The normalized spacial score (nSPS) is 10.5. The first-order chi connectivity index (χ1) is 16.3. The van der Waals surface area contributed by atoms with E-state index in [1.54, 1.807) is 19.1 Å². The quantitative estimate of drug-likeness (QED) is 0.426. The standard InChI is InChI=1S/C24H25F2N3O5/c1-5-32-21(30)13-34-19-7-6-16(8-14(19)2)29-24-27-10-17(11-28-24)33-12-18-22(25)15(3)9-20(31-4)23(18)26/h6-11H,5,12-13H2,1-4H3,(H,27,28,29). The topological polar surface area (TPSA) is 91.8 Å². The number of esters is 1. The summed E-state index contributed by atoms with van der Waals surface area (Å²) >= 11 is 0. The van der Waals surface area contributed by atoms with E-state index >= 15 is 0 Å². The molecule has 0 spiro atoms. The van der Waals surface area contributed by atoms with E-state index in [0.717, 1.165) is 5.56 Å². The fourth-order valence-electron chi connectivity index (χ4n) is 3.05. The van der Waals surface area contributed by atoms with E-state index in [9.17, 15) is 13.6 Å². The molecule has 3 rings (SSSR count). The van der Waals surface area contributed by atoms with Crippen LogP contribution in [0.15, 0.2) is 36.7 Å². The highest BCUT2D eigenvalue weighted by atomic mass is 19.1. The summed E-state index contributed by atoms with van der Waals surface area (Å²) in [6.07, 6.45) is 2.78. The monoisotopic (exact) mass is 473 g/mol. The van der Waals surface area contributed by atoms with E-state index in [-0.39, 0.29) is 35.8 Å². The van der Waals surface area contributed by atoms with Crippen molar-refractivity contribution >= 4 is 17.6 Å². The molecule has 1 heterocycles. The van der Waals surface area contributed by atoms with E-state index in [0.29, 0.717) is 24.0 Å². The molecular formula is C24H25F2N3O5. The summed E-state index contributed by atoms with van der Waals surface area (Å²) in [5.74, 6) is -0.911. The highest BCUT2D eigenvalue weighted by molar-refractivity contribution is 5.71. The van der Waals surface area contributed by atoms with Crippen molar-refractivity contribution in [3.63, 3.8) is 0 Å². The van der Waals surface area contributed by atoms with Gasteiger partial charge in [0, 0.05) is 5.69 Å². The largest absolute Gasteiger partial charge is 0.494 e. The number of rotatable bonds is 10. The maximum absolute atomic E-state index is 14.4. The van der Waals surface area contributed by atoms with Crippen LogP contribution in [0.1, 0.15) is 23.6 Å². The van der Waals surface area contributed by atoms with Crippen LogP contribution in [0.25, 0.3) is 0 Å². The van der Waals surface area contributed by atoms with Crippen LogP contribution in [0.5, 0.6) is 17.2 Å². The van der Waals surface area contributed by atoms with Crippen molar-refractivity contribution in [3.05, 3.63) is 65.0 Å². The summed E-state index contributed by atoms with van der Waals surface area (Å²) in [4.78, 5) is 19.8. The van der Waals surface area contributed by atoms with Gasteiger partial charge in [-0.25, -0.2) is 23.5 Å². The second-order valence-corrected chi connectivity index (χ2v) is 7.23. The summed E-state index contributed by atoms with van der Waals surface area (Å²) in [6, 6.07) is 6.56. The van der Waals surface area contributed by atoms with Crippen molar-refractivity contribution in [2.45, 2.75) is 27.4 Å². The van der Waals surface area contributed by atoms with Gasteiger partial charge < -0.3 is 24.3 Å². The molecule has 3 aromatic rings. The fraction of sp³-hybridized carbons (Fsp3) is 0.292. The van der Waals surface area contributed by atoms with Gasteiger partial charge in [-0.1, -0.05) is 0 Å². The number of nitrogens with one attached hydrogen (secondary N) is 1. The summed E-state index contributed by atoms with van der Waals surface area (Å²) in [7, 11) is 1.31. The zero-order chi connectivity index (χ0) is 24.7. The van der Waals surface area contributed by atoms with Crippen molar-refractivity contribution < 1.29 is 32.5 Å². The van der Waals surface area contributed by atoms with Gasteiger partial charge in [0.2, 0.25) is 5.95 Å². The number of aryl methyl sites for hydroxylation is 2. The van der Waals surface area contributed by atoms with E-state index in [1.807, 2.05) is 13.0 Å². The second kappa shape index (κ2) is 11.3. The van der Waals surface area contributed by atoms with E-state index in [4.69, 9.17) is 18.9 Å². The van der Waals surface area contributed by atoms with Crippen LogP contribution in [0.3, 0.4) is 0 Å². The lowest BCUT2D eigenvalue weighted by Gasteiger charge is -2.13. The number of nitrogens with zero attached hydrogens (tertiary/aromatic N) is 2. The van der Waals surface area contributed by atoms with Gasteiger partial charge in [-0.3, -0.25) is 0 Å². The van der Waals surface area contributed by atoms with Crippen molar-refractivity contribution in [2.75, 3.05) is 25.6 Å². The number of methoxy groups -OCH3 is 1. The first kappa shape index (κ1) is 24.7. The number of ether oxygens (including phenoxy) is 4. The molecule has 0 amide bonds. The number of hydrogen-bond donors (Lipinski definition) is 1. The number of aromatic nitrogens is 2. The average Bonchev–Trinajstić information content (AvgIpc) is 2.82. The molecule has 2 aromatic carbocycles. The minimum atomic E-state index is -0.810. The number of halogens is 2. The molecule has 1 aromatic heterocycles. The molecule has 0 saturated heterocycles. The molecule has 0 aliphatic rings. The molecule has 0 radical (unpaired) electrons. The molecule has 10 heteroatoms. The van der Waals surface area contributed by atoms with Gasteiger partial charge in [0.1, 0.15) is 18.2 Å². The van der Waals surface area contributed by atoms with Gasteiger partial charge >= 0.3 is 5.97 Å². The van der Waals surface area contributed by atoms with Gasteiger partial charge in [0.05, 0.1) is 31.7 Å². The predicted molar refractivity (Wildman–Crippen MR) is 121 cm³/mol. The third-order valence-corrected chi connectivity index (χ3v) is 4.75. The SMILES string of the molecule is CCOC(=O)COc1ccc(Nc2ncc(OCc3c(F)c(C)cc(OC)c3F)cn2)cc1C. The Balaban J connectivity index is 1.61. The fourth-order valence-corrected chi connectivity index (χ4v) is 3.05. The van der Waals surface area contributed by atoms with Crippen molar-refractivity contribution in [1.82, 2.24) is 9.97 Å². The van der Waals surface area contributed by atoms with Crippen molar-refractivity contribution in [3.8, 4) is 17.2 Å². The minimum Gasteiger partial charge on any atom is -0.494 e. The average molecular weight is 473 g/mol. The number of carbonyl (C=O) groups excluding carboxylic acids is 1. The Kier molecular flexibility index (Phi) is 8.18. The van der Waals surface area contributed by atoms with Crippen molar-refractivity contribution in [2.24, 2.45) is 0 Å². The van der Waals surface area contributed by atoms with E-state index in [1.165, 1.54) is 32.5 Å². The smallest absolute Gasteiger partial charge is 0.344 e. The van der Waals surface area contributed by atoms with Crippen LogP contribution < -0.4 is 19.5 Å². The molecule has 0 bridgehead atoms. The van der Waals surface area contributed by atoms with E-state index in [2.05, 4.69) is 15.3 Å². The van der Waals surface area contributed by atoms with Crippen molar-refractivity contribution in [1.29, 1.82) is 0 Å². The molecule has 1 N–H and O–H groups in total. The zero-order valence-corrected chi connectivity index (χ0v) is 19.3. The molecule has 34 heavy (non-hydrogen) atoms. The zero-order valence-electron chi connectivity index (χ0n) is 19.3. The Morgan fingerprint density at radius 3 is 2.38 bits per heavy atom. The lowest BCUT2D eigenvalue weighted by Crippen LogP contribution is -2.14. The maximum atomic E-state index is 14.4. The molecule has 0 unspecified atom stereocenters. The number of anilines is 2. The Labute approximate surface area is 195 Å². The maximum Gasteiger partial charge on any atom is 0.344 e. The van der Waals surface area contributed by atoms with Crippen LogP contribution in [-0.4, -0.2) is 36.3 Å². The van der Waals surface area contributed by atoms with Crippen LogP contribution in [0, 0.1) is 25.5 Å². The molecule has 0 atom stereocenters. The lowest BCUT2D eigenvalue weighted by atomic mass is 10.1. The van der Waals surface area contributed by atoms with Crippen LogP contribution in [-0.2, 0) is 16.1 Å². The van der Waals surface area contributed by atoms with Gasteiger partial charge in [-0.15, -0.1) is 0 Å². The molecule has 0 fully saturated rings. The first-order valence-electron chi connectivity index (χ1n) is 10.4. The minimum absolute atomic E-state index is 0.0547. The highest BCUT2D eigenvalue weighted by Crippen LogP contribution is 2.28. The van der Waals surface area contributed by atoms with Crippen LogP contribution in [0.4, 0.5) is 20.4 Å². The molecule has 180 valence electrons.